The Bertz CT molecular complexity index is 1620. The maximum atomic E-state index is 6.78. The van der Waals surface area contributed by atoms with E-state index in [1.54, 1.807) is 0 Å². The van der Waals surface area contributed by atoms with E-state index in [0.29, 0.717) is 20.1 Å². The minimum Gasteiger partial charge on any atom is -0.0843 e. The fraction of sp³-hybridized carbons (Fsp3) is 0.176. The Balaban J connectivity index is 1.56. The largest absolute Gasteiger partial charge is 0.113 e. The van der Waals surface area contributed by atoms with Gasteiger partial charge in [-0.3, -0.25) is 0 Å². The molecule has 0 aromatic heterocycles. The maximum absolute atomic E-state index is 6.78. The summed E-state index contributed by atoms with van der Waals surface area (Å²) in [6, 6.07) is 24.9. The Morgan fingerprint density at radius 3 is 1.33 bits per heavy atom. The second kappa shape index (κ2) is 9.98. The third-order valence-electron chi connectivity index (χ3n) is 8.26. The third kappa shape index (κ3) is 4.44. The minimum atomic E-state index is -2.23. The van der Waals surface area contributed by atoms with Gasteiger partial charge in [-0.15, -0.1) is 0 Å². The van der Waals surface area contributed by atoms with Crippen molar-refractivity contribution in [1.82, 2.24) is 0 Å². The molecule has 0 nitrogen and oxygen atoms in total. The summed E-state index contributed by atoms with van der Waals surface area (Å²) in [4.78, 5) is 0. The van der Waals surface area contributed by atoms with Crippen molar-refractivity contribution in [2.45, 2.75) is 39.8 Å². The Hall–Kier alpha value is -2.26. The van der Waals surface area contributed by atoms with Crippen LogP contribution < -0.4 is 0 Å². The molecule has 2 aliphatic rings. The molecule has 4 aromatic rings. The van der Waals surface area contributed by atoms with Gasteiger partial charge in [-0.25, -0.2) is 0 Å². The van der Waals surface area contributed by atoms with Crippen LogP contribution in [0, 0.1) is 0 Å². The van der Waals surface area contributed by atoms with E-state index >= 15 is 0 Å². The molecule has 0 radical (unpaired) electrons. The van der Waals surface area contributed by atoms with Crippen LogP contribution in [0.2, 0.25) is 33.2 Å². The van der Waals surface area contributed by atoms with Gasteiger partial charge in [0.2, 0.25) is 0 Å². The molecular formula is C34H28Cl4Si. The fourth-order valence-electron chi connectivity index (χ4n) is 6.94. The lowest BCUT2D eigenvalue weighted by molar-refractivity contribution is 1.19. The molecule has 0 heterocycles. The van der Waals surface area contributed by atoms with Gasteiger partial charge in [0.05, 0.1) is 0 Å². The van der Waals surface area contributed by atoms with Crippen molar-refractivity contribution in [3.05, 3.63) is 126 Å². The first-order chi connectivity index (χ1) is 18.6. The van der Waals surface area contributed by atoms with Crippen LogP contribution in [0.15, 0.2) is 83.9 Å². The molecule has 0 spiro atoms. The number of fused-ring (bicyclic) bond motifs is 2. The molecule has 5 heteroatoms. The summed E-state index contributed by atoms with van der Waals surface area (Å²) < 4.78 is 0. The number of allylic oxidation sites excluding steroid dienone is 2. The van der Waals surface area contributed by atoms with Gasteiger partial charge >= 0.3 is 0 Å². The van der Waals surface area contributed by atoms with Gasteiger partial charge in [0, 0.05) is 31.2 Å². The van der Waals surface area contributed by atoms with Gasteiger partial charge in [-0.1, -0.05) is 119 Å². The lowest BCUT2D eigenvalue weighted by atomic mass is 9.97. The Morgan fingerprint density at radius 1 is 0.538 bits per heavy atom. The van der Waals surface area contributed by atoms with E-state index in [-0.39, 0.29) is 0 Å². The van der Waals surface area contributed by atoms with Gasteiger partial charge in [0.1, 0.15) is 8.07 Å². The summed E-state index contributed by atoms with van der Waals surface area (Å²) in [5.41, 5.74) is 12.8. The lowest BCUT2D eigenvalue weighted by Crippen LogP contribution is -2.31. The molecule has 0 atom stereocenters. The zero-order valence-electron chi connectivity index (χ0n) is 22.4. The summed E-state index contributed by atoms with van der Waals surface area (Å²) in [7, 11) is -2.23. The normalized spacial score (nSPS) is 14.8. The highest BCUT2D eigenvalue weighted by Gasteiger charge is 2.42. The van der Waals surface area contributed by atoms with Crippen molar-refractivity contribution in [2.24, 2.45) is 0 Å². The van der Waals surface area contributed by atoms with E-state index in [4.69, 9.17) is 46.4 Å². The molecule has 0 fully saturated rings. The van der Waals surface area contributed by atoms with E-state index in [0.717, 1.165) is 24.0 Å². The van der Waals surface area contributed by atoms with Crippen LogP contribution in [-0.2, 0) is 12.8 Å². The van der Waals surface area contributed by atoms with Crippen LogP contribution in [-0.4, -0.2) is 8.07 Å². The molecule has 0 bridgehead atoms. The lowest BCUT2D eigenvalue weighted by Gasteiger charge is -2.32. The van der Waals surface area contributed by atoms with E-state index in [1.807, 2.05) is 24.3 Å². The predicted octanol–water partition coefficient (Wildman–Crippen LogP) is 11.8. The smallest absolute Gasteiger partial charge is 0.0843 e. The second-order valence-corrected chi connectivity index (χ2v) is 17.2. The monoisotopic (exact) mass is 604 g/mol. The summed E-state index contributed by atoms with van der Waals surface area (Å²) in [5, 5.41) is 5.68. The molecular weight excluding hydrogens is 578 g/mol. The molecule has 0 amide bonds. The SMILES string of the molecule is CC1=C([Si](C)(C)C2=C(C)Cc3cccc(-c4ccc(Cl)cc4Cl)c32)c2c(cccc2-c2ccc(Cl)cc2Cl)C1. The highest BCUT2D eigenvalue weighted by molar-refractivity contribution is 7.09. The molecule has 2 aliphatic carbocycles. The van der Waals surface area contributed by atoms with Crippen LogP contribution >= 0.6 is 46.4 Å². The number of rotatable bonds is 4. The number of hydrogen-bond acceptors (Lipinski definition) is 0. The van der Waals surface area contributed by atoms with E-state index in [2.05, 4.69) is 75.5 Å². The van der Waals surface area contributed by atoms with Crippen LogP contribution in [0.25, 0.3) is 32.6 Å². The van der Waals surface area contributed by atoms with Crippen LogP contribution in [0.5, 0.6) is 0 Å². The highest BCUT2D eigenvalue weighted by Crippen LogP contribution is 2.53. The second-order valence-electron chi connectivity index (χ2n) is 11.2. The van der Waals surface area contributed by atoms with Crippen LogP contribution in [0.3, 0.4) is 0 Å². The Morgan fingerprint density at radius 2 is 0.949 bits per heavy atom. The van der Waals surface area contributed by atoms with Gasteiger partial charge in [0.15, 0.2) is 0 Å². The predicted molar refractivity (Wildman–Crippen MR) is 174 cm³/mol. The van der Waals surface area contributed by atoms with Gasteiger partial charge in [-0.05, 0) is 94.7 Å². The van der Waals surface area contributed by atoms with Crippen molar-refractivity contribution in [3.63, 3.8) is 0 Å². The number of benzene rings is 4. The molecule has 39 heavy (non-hydrogen) atoms. The van der Waals surface area contributed by atoms with Crippen molar-refractivity contribution in [1.29, 1.82) is 0 Å². The van der Waals surface area contributed by atoms with Gasteiger partial charge in [-0.2, -0.15) is 0 Å². The molecule has 6 rings (SSSR count). The van der Waals surface area contributed by atoms with Crippen molar-refractivity contribution >= 4 is 64.9 Å². The van der Waals surface area contributed by atoms with E-state index in [9.17, 15) is 0 Å². The maximum Gasteiger partial charge on any atom is 0.113 e. The van der Waals surface area contributed by atoms with Crippen molar-refractivity contribution in [3.8, 4) is 22.3 Å². The molecule has 0 unspecified atom stereocenters. The van der Waals surface area contributed by atoms with Crippen molar-refractivity contribution < 1.29 is 0 Å². The first-order valence-electron chi connectivity index (χ1n) is 13.1. The van der Waals surface area contributed by atoms with Gasteiger partial charge in [0.25, 0.3) is 0 Å². The highest BCUT2D eigenvalue weighted by atomic mass is 35.5. The zero-order chi connectivity index (χ0) is 27.6. The van der Waals surface area contributed by atoms with E-state index in [1.165, 1.54) is 54.9 Å². The molecule has 0 saturated heterocycles. The van der Waals surface area contributed by atoms with Crippen LogP contribution in [0.4, 0.5) is 0 Å². The standard InChI is InChI=1S/C34H28Cl4Si/c1-19-15-21-7-5-9-27(25-13-11-23(35)17-29(25)37)31(21)33(19)39(3,4)34-20(2)16-22-8-6-10-28(32(22)34)26-14-12-24(36)18-30(26)38/h5-14,17-18H,15-16H2,1-4H3. The summed E-state index contributed by atoms with van der Waals surface area (Å²) in [5.74, 6) is 0. The van der Waals surface area contributed by atoms with Gasteiger partial charge < -0.3 is 0 Å². The topological polar surface area (TPSA) is 0 Å². The third-order valence-corrected chi connectivity index (χ3v) is 13.2. The molecule has 196 valence electrons. The number of hydrogen-bond donors (Lipinski definition) is 0. The summed E-state index contributed by atoms with van der Waals surface area (Å²) >= 11 is 26.1. The summed E-state index contributed by atoms with van der Waals surface area (Å²) in [6.45, 7) is 9.64. The van der Waals surface area contributed by atoms with Crippen LogP contribution in [0.1, 0.15) is 36.1 Å². The first-order valence-corrected chi connectivity index (χ1v) is 17.6. The minimum absolute atomic E-state index is 0.648. The number of halogens is 4. The average Bonchev–Trinajstić information content (AvgIpc) is 3.40. The van der Waals surface area contributed by atoms with Crippen molar-refractivity contribution in [2.75, 3.05) is 0 Å². The fourth-order valence-corrected chi connectivity index (χ4v) is 12.4. The quantitative estimate of drug-likeness (QED) is 0.203. The van der Waals surface area contributed by atoms with E-state index < -0.39 is 8.07 Å². The summed E-state index contributed by atoms with van der Waals surface area (Å²) in [6.07, 6.45) is 1.92. The molecule has 0 aliphatic heterocycles. The first kappa shape index (κ1) is 26.9. The molecule has 4 aromatic carbocycles. The Labute approximate surface area is 251 Å². The molecule has 0 N–H and O–H groups in total. The Kier molecular flexibility index (Phi) is 6.89. The average molecular weight is 606 g/mol. The zero-order valence-corrected chi connectivity index (χ0v) is 26.4. The molecule has 0 saturated carbocycles.